The summed E-state index contributed by atoms with van der Waals surface area (Å²) >= 11 is 7.79. The Bertz CT molecular complexity index is 584. The largest absolute Gasteiger partial charge is 0.409 e. The Morgan fingerprint density at radius 1 is 1.47 bits per heavy atom. The van der Waals surface area contributed by atoms with Crippen molar-refractivity contribution in [1.29, 1.82) is 0 Å². The molecule has 0 bridgehead atoms. The number of rotatable bonds is 4. The molecule has 1 aromatic carbocycles. The zero-order chi connectivity index (χ0) is 13.8. The number of hydrogen-bond acceptors (Lipinski definition) is 4. The second-order valence-corrected chi connectivity index (χ2v) is 5.29. The van der Waals surface area contributed by atoms with Gasteiger partial charge in [-0.3, -0.25) is 0 Å². The molecule has 0 aliphatic heterocycles. The number of halogens is 1. The van der Waals surface area contributed by atoms with E-state index in [1.165, 1.54) is 5.56 Å². The standard InChI is InChI=1S/C13H14ClN3OS/c1-17(7-9-5-6-19-8-9)11-4-2-3-10(14)12(11)13(15)16-18/h2-6,8,18H,7H2,1H3,(H2,15,16). The predicted octanol–water partition coefficient (Wildman–Crippen LogP) is 3.13. The summed E-state index contributed by atoms with van der Waals surface area (Å²) in [7, 11) is 1.94. The summed E-state index contributed by atoms with van der Waals surface area (Å²) < 4.78 is 0. The van der Waals surface area contributed by atoms with E-state index in [0.717, 1.165) is 12.2 Å². The molecule has 1 aromatic heterocycles. The van der Waals surface area contributed by atoms with Gasteiger partial charge in [0.1, 0.15) is 0 Å². The van der Waals surface area contributed by atoms with E-state index in [1.807, 2.05) is 29.5 Å². The van der Waals surface area contributed by atoms with E-state index in [1.54, 1.807) is 17.4 Å². The number of benzene rings is 1. The Labute approximate surface area is 120 Å². The van der Waals surface area contributed by atoms with Gasteiger partial charge in [0.25, 0.3) is 0 Å². The molecule has 2 rings (SSSR count). The van der Waals surface area contributed by atoms with Gasteiger partial charge in [-0.25, -0.2) is 0 Å². The topological polar surface area (TPSA) is 61.8 Å². The first-order chi connectivity index (χ1) is 9.13. The minimum absolute atomic E-state index is 0.0118. The van der Waals surface area contributed by atoms with Crippen molar-refractivity contribution in [3.8, 4) is 0 Å². The second kappa shape index (κ2) is 5.95. The number of oxime groups is 1. The van der Waals surface area contributed by atoms with Crippen molar-refractivity contribution in [1.82, 2.24) is 0 Å². The summed E-state index contributed by atoms with van der Waals surface area (Å²) in [5.74, 6) is 0.0118. The van der Waals surface area contributed by atoms with Gasteiger partial charge in [0.15, 0.2) is 5.84 Å². The van der Waals surface area contributed by atoms with E-state index in [9.17, 15) is 0 Å². The first-order valence-corrected chi connectivity index (χ1v) is 6.94. The fourth-order valence-corrected chi connectivity index (χ4v) is 2.80. The molecule has 0 aliphatic rings. The van der Waals surface area contributed by atoms with Gasteiger partial charge in [-0.05, 0) is 34.5 Å². The van der Waals surface area contributed by atoms with Crippen LogP contribution in [0, 0.1) is 0 Å². The number of thiophene rings is 1. The van der Waals surface area contributed by atoms with Gasteiger partial charge in [0, 0.05) is 19.3 Å². The van der Waals surface area contributed by atoms with Crippen molar-refractivity contribution in [3.05, 3.63) is 51.2 Å². The highest BCUT2D eigenvalue weighted by Crippen LogP contribution is 2.27. The molecule has 0 aliphatic carbocycles. The molecular weight excluding hydrogens is 282 g/mol. The number of anilines is 1. The van der Waals surface area contributed by atoms with Crippen LogP contribution in [0.3, 0.4) is 0 Å². The lowest BCUT2D eigenvalue weighted by Gasteiger charge is -2.22. The van der Waals surface area contributed by atoms with Crippen LogP contribution in [0.1, 0.15) is 11.1 Å². The smallest absolute Gasteiger partial charge is 0.173 e. The molecule has 19 heavy (non-hydrogen) atoms. The van der Waals surface area contributed by atoms with E-state index in [4.69, 9.17) is 22.5 Å². The molecular formula is C13H14ClN3OS. The zero-order valence-corrected chi connectivity index (χ0v) is 11.9. The van der Waals surface area contributed by atoms with Crippen molar-refractivity contribution in [2.24, 2.45) is 10.9 Å². The van der Waals surface area contributed by atoms with Crippen molar-refractivity contribution < 1.29 is 5.21 Å². The number of amidine groups is 1. The molecule has 1 heterocycles. The lowest BCUT2D eigenvalue weighted by atomic mass is 10.1. The summed E-state index contributed by atoms with van der Waals surface area (Å²) in [4.78, 5) is 2.02. The lowest BCUT2D eigenvalue weighted by molar-refractivity contribution is 0.318. The van der Waals surface area contributed by atoms with Crippen LogP contribution in [0.5, 0.6) is 0 Å². The maximum atomic E-state index is 8.86. The summed E-state index contributed by atoms with van der Waals surface area (Å²) in [6.45, 7) is 0.732. The van der Waals surface area contributed by atoms with Crippen molar-refractivity contribution in [2.75, 3.05) is 11.9 Å². The fourth-order valence-electron chi connectivity index (χ4n) is 1.88. The molecule has 4 nitrogen and oxygen atoms in total. The Hall–Kier alpha value is -1.72. The minimum atomic E-state index is 0.0118. The normalized spacial score (nSPS) is 11.6. The third-order valence-electron chi connectivity index (χ3n) is 2.77. The van der Waals surface area contributed by atoms with Crippen molar-refractivity contribution in [2.45, 2.75) is 6.54 Å². The van der Waals surface area contributed by atoms with Gasteiger partial charge in [0.2, 0.25) is 0 Å². The Morgan fingerprint density at radius 2 is 2.26 bits per heavy atom. The Morgan fingerprint density at radius 3 is 2.89 bits per heavy atom. The average molecular weight is 296 g/mol. The molecule has 0 saturated heterocycles. The van der Waals surface area contributed by atoms with Gasteiger partial charge < -0.3 is 15.8 Å². The molecule has 0 atom stereocenters. The predicted molar refractivity (Wildman–Crippen MR) is 80.4 cm³/mol. The number of nitrogens with two attached hydrogens (primary N) is 1. The van der Waals surface area contributed by atoms with E-state index in [2.05, 4.69) is 16.6 Å². The van der Waals surface area contributed by atoms with Gasteiger partial charge in [0.05, 0.1) is 10.6 Å². The number of nitrogens with zero attached hydrogens (tertiary/aromatic N) is 2. The van der Waals surface area contributed by atoms with Crippen molar-refractivity contribution >= 4 is 34.5 Å². The first-order valence-electron chi connectivity index (χ1n) is 5.62. The third-order valence-corrected chi connectivity index (χ3v) is 3.81. The molecule has 0 radical (unpaired) electrons. The molecule has 2 aromatic rings. The molecule has 0 spiro atoms. The Kier molecular flexibility index (Phi) is 4.29. The van der Waals surface area contributed by atoms with E-state index in [-0.39, 0.29) is 5.84 Å². The van der Waals surface area contributed by atoms with Crippen LogP contribution in [0.2, 0.25) is 5.02 Å². The second-order valence-electron chi connectivity index (χ2n) is 4.11. The van der Waals surface area contributed by atoms with Crippen LogP contribution in [-0.2, 0) is 6.54 Å². The third kappa shape index (κ3) is 3.00. The van der Waals surface area contributed by atoms with Crippen LogP contribution in [0.25, 0.3) is 0 Å². The number of hydrogen-bond donors (Lipinski definition) is 2. The molecule has 0 fully saturated rings. The summed E-state index contributed by atoms with van der Waals surface area (Å²) in [5.41, 5.74) is 8.28. The van der Waals surface area contributed by atoms with Gasteiger partial charge in [-0.2, -0.15) is 11.3 Å². The minimum Gasteiger partial charge on any atom is -0.409 e. The average Bonchev–Trinajstić information content (AvgIpc) is 2.90. The maximum absolute atomic E-state index is 8.86. The Balaban J connectivity index is 2.36. The maximum Gasteiger partial charge on any atom is 0.173 e. The molecule has 0 saturated carbocycles. The van der Waals surface area contributed by atoms with Gasteiger partial charge >= 0.3 is 0 Å². The first kappa shape index (κ1) is 13.7. The van der Waals surface area contributed by atoms with Crippen LogP contribution in [-0.4, -0.2) is 18.1 Å². The molecule has 100 valence electrons. The molecule has 0 amide bonds. The molecule has 6 heteroatoms. The highest BCUT2D eigenvalue weighted by atomic mass is 35.5. The van der Waals surface area contributed by atoms with Crippen LogP contribution >= 0.6 is 22.9 Å². The fraction of sp³-hybridized carbons (Fsp3) is 0.154. The highest BCUT2D eigenvalue weighted by molar-refractivity contribution is 7.07. The van der Waals surface area contributed by atoms with E-state index < -0.39 is 0 Å². The van der Waals surface area contributed by atoms with Gasteiger partial charge in [-0.1, -0.05) is 22.8 Å². The highest BCUT2D eigenvalue weighted by Gasteiger charge is 2.15. The van der Waals surface area contributed by atoms with Crippen LogP contribution in [0.15, 0.2) is 40.2 Å². The molecule has 0 unspecified atom stereocenters. The summed E-state index contributed by atoms with van der Waals surface area (Å²) in [6, 6.07) is 7.52. The summed E-state index contributed by atoms with van der Waals surface area (Å²) in [6.07, 6.45) is 0. The van der Waals surface area contributed by atoms with E-state index >= 15 is 0 Å². The van der Waals surface area contributed by atoms with Crippen LogP contribution in [0.4, 0.5) is 5.69 Å². The summed E-state index contributed by atoms with van der Waals surface area (Å²) in [5, 5.41) is 16.5. The SMILES string of the molecule is CN(Cc1ccsc1)c1cccc(Cl)c1C(N)=NO. The monoisotopic (exact) mass is 295 g/mol. The van der Waals surface area contributed by atoms with Crippen LogP contribution < -0.4 is 10.6 Å². The molecule has 3 N–H and O–H groups in total. The van der Waals surface area contributed by atoms with E-state index in [0.29, 0.717) is 10.6 Å². The lowest BCUT2D eigenvalue weighted by Crippen LogP contribution is -2.22. The van der Waals surface area contributed by atoms with Crippen molar-refractivity contribution in [3.63, 3.8) is 0 Å². The quantitative estimate of drug-likeness (QED) is 0.394. The zero-order valence-electron chi connectivity index (χ0n) is 10.4. The van der Waals surface area contributed by atoms with Gasteiger partial charge in [-0.15, -0.1) is 0 Å².